The lowest BCUT2D eigenvalue weighted by Gasteiger charge is -2.21. The molecule has 3 unspecified atom stereocenters. The van der Waals surface area contributed by atoms with Crippen molar-refractivity contribution >= 4 is 39.5 Å². The summed E-state index contributed by atoms with van der Waals surface area (Å²) < 4.78 is 68.2. The molecular formula is C69H134O17P2. The van der Waals surface area contributed by atoms with E-state index in [-0.39, 0.29) is 25.7 Å². The Morgan fingerprint density at radius 2 is 0.477 bits per heavy atom. The molecule has 0 aromatic heterocycles. The molecule has 0 saturated carbocycles. The van der Waals surface area contributed by atoms with Crippen molar-refractivity contribution in [2.45, 2.75) is 356 Å². The van der Waals surface area contributed by atoms with Gasteiger partial charge in [-0.05, 0) is 49.4 Å². The molecule has 0 aliphatic rings. The average Bonchev–Trinajstić information content (AvgIpc) is 3.68. The molecule has 0 saturated heterocycles. The topological polar surface area (TPSA) is 237 Å². The van der Waals surface area contributed by atoms with Gasteiger partial charge in [-0.2, -0.15) is 0 Å². The number of carbonyl (C=O) groups is 4. The number of phosphoric acid groups is 2. The van der Waals surface area contributed by atoms with E-state index in [0.29, 0.717) is 37.5 Å². The van der Waals surface area contributed by atoms with Crippen molar-refractivity contribution in [3.05, 3.63) is 0 Å². The third-order valence-electron chi connectivity index (χ3n) is 15.8. The number of hydrogen-bond donors (Lipinski definition) is 3. The fourth-order valence-corrected chi connectivity index (χ4v) is 11.9. The van der Waals surface area contributed by atoms with E-state index in [1.807, 2.05) is 0 Å². The summed E-state index contributed by atoms with van der Waals surface area (Å²) in [6, 6.07) is 0. The molecule has 0 aliphatic heterocycles. The van der Waals surface area contributed by atoms with Gasteiger partial charge in [-0.1, -0.05) is 287 Å². The molecule has 0 radical (unpaired) electrons. The van der Waals surface area contributed by atoms with Crippen LogP contribution in [0, 0.1) is 23.7 Å². The summed E-state index contributed by atoms with van der Waals surface area (Å²) in [5, 5.41) is 10.6. The van der Waals surface area contributed by atoms with Gasteiger partial charge in [0.15, 0.2) is 12.2 Å². The van der Waals surface area contributed by atoms with Crippen molar-refractivity contribution in [3.8, 4) is 0 Å². The monoisotopic (exact) mass is 1300 g/mol. The van der Waals surface area contributed by atoms with Gasteiger partial charge in [0.2, 0.25) is 0 Å². The fraction of sp³-hybridized carbons (Fsp3) is 0.942. The minimum Gasteiger partial charge on any atom is -0.462 e. The number of unbranched alkanes of at least 4 members (excludes halogenated alkanes) is 32. The van der Waals surface area contributed by atoms with E-state index in [1.165, 1.54) is 135 Å². The Hall–Kier alpha value is -1.94. The highest BCUT2D eigenvalue weighted by molar-refractivity contribution is 7.47. The van der Waals surface area contributed by atoms with Crippen molar-refractivity contribution < 1.29 is 80.2 Å². The van der Waals surface area contributed by atoms with Crippen molar-refractivity contribution in [3.63, 3.8) is 0 Å². The summed E-state index contributed by atoms with van der Waals surface area (Å²) in [6.07, 6.45) is 40.5. The number of esters is 4. The van der Waals surface area contributed by atoms with Crippen molar-refractivity contribution in [2.24, 2.45) is 23.7 Å². The van der Waals surface area contributed by atoms with E-state index >= 15 is 0 Å². The van der Waals surface area contributed by atoms with Crippen LogP contribution in [0.25, 0.3) is 0 Å². The van der Waals surface area contributed by atoms with Crippen LogP contribution in [0.4, 0.5) is 0 Å². The van der Waals surface area contributed by atoms with Crippen LogP contribution in [-0.4, -0.2) is 96.7 Å². The van der Waals surface area contributed by atoms with Gasteiger partial charge < -0.3 is 33.8 Å². The zero-order valence-electron chi connectivity index (χ0n) is 57.3. The van der Waals surface area contributed by atoms with E-state index in [4.69, 9.17) is 37.0 Å². The van der Waals surface area contributed by atoms with Crippen LogP contribution in [0.3, 0.4) is 0 Å². The van der Waals surface area contributed by atoms with Gasteiger partial charge in [0.05, 0.1) is 26.4 Å². The second-order valence-corrected chi connectivity index (χ2v) is 29.7. The molecule has 0 amide bonds. The molecule has 5 atom stereocenters. The summed E-state index contributed by atoms with van der Waals surface area (Å²) in [7, 11) is -9.90. The summed E-state index contributed by atoms with van der Waals surface area (Å²) >= 11 is 0. The average molecular weight is 1300 g/mol. The molecule has 0 bridgehead atoms. The quantitative estimate of drug-likeness (QED) is 0.0222. The first-order valence-electron chi connectivity index (χ1n) is 35.7. The Balaban J connectivity index is 5.23. The van der Waals surface area contributed by atoms with Crippen LogP contribution in [0.5, 0.6) is 0 Å². The normalized spacial score (nSPS) is 14.3. The second kappa shape index (κ2) is 58.8. The zero-order chi connectivity index (χ0) is 65.4. The van der Waals surface area contributed by atoms with Crippen LogP contribution < -0.4 is 0 Å². The van der Waals surface area contributed by atoms with Crippen molar-refractivity contribution in [1.29, 1.82) is 0 Å². The molecule has 3 N–H and O–H groups in total. The number of aliphatic hydroxyl groups excluding tert-OH is 1. The van der Waals surface area contributed by atoms with Gasteiger partial charge in [0, 0.05) is 25.7 Å². The maximum absolute atomic E-state index is 13.0. The minimum atomic E-state index is -4.95. The Morgan fingerprint density at radius 3 is 0.705 bits per heavy atom. The van der Waals surface area contributed by atoms with E-state index in [2.05, 4.69) is 55.4 Å². The van der Waals surface area contributed by atoms with Crippen LogP contribution in [-0.2, 0) is 65.4 Å². The smallest absolute Gasteiger partial charge is 0.462 e. The van der Waals surface area contributed by atoms with Gasteiger partial charge in [-0.3, -0.25) is 37.3 Å². The predicted octanol–water partition coefficient (Wildman–Crippen LogP) is 19.3. The van der Waals surface area contributed by atoms with Gasteiger partial charge in [0.25, 0.3) is 0 Å². The van der Waals surface area contributed by atoms with Crippen molar-refractivity contribution in [2.75, 3.05) is 39.6 Å². The van der Waals surface area contributed by atoms with Crippen LogP contribution in [0.1, 0.15) is 338 Å². The van der Waals surface area contributed by atoms with Gasteiger partial charge in [0.1, 0.15) is 19.3 Å². The minimum absolute atomic E-state index is 0.102. The largest absolute Gasteiger partial charge is 0.472 e. The van der Waals surface area contributed by atoms with E-state index in [1.54, 1.807) is 0 Å². The zero-order valence-corrected chi connectivity index (χ0v) is 59.1. The van der Waals surface area contributed by atoms with Crippen molar-refractivity contribution in [1.82, 2.24) is 0 Å². The first kappa shape index (κ1) is 86.1. The Morgan fingerprint density at radius 1 is 0.284 bits per heavy atom. The first-order valence-corrected chi connectivity index (χ1v) is 38.7. The van der Waals surface area contributed by atoms with Crippen LogP contribution >= 0.6 is 15.6 Å². The Kier molecular flexibility index (Phi) is 57.6. The molecular weight excluding hydrogens is 1160 g/mol. The fourth-order valence-electron chi connectivity index (χ4n) is 10.3. The third kappa shape index (κ3) is 62.8. The summed E-state index contributed by atoms with van der Waals surface area (Å²) in [4.78, 5) is 72.4. The first-order chi connectivity index (χ1) is 42.1. The number of phosphoric ester groups is 2. The highest BCUT2D eigenvalue weighted by Gasteiger charge is 2.30. The molecule has 88 heavy (non-hydrogen) atoms. The molecule has 0 fully saturated rings. The summed E-state index contributed by atoms with van der Waals surface area (Å²) in [5.41, 5.74) is 0. The van der Waals surface area contributed by atoms with Crippen LogP contribution in [0.2, 0.25) is 0 Å². The predicted molar refractivity (Wildman–Crippen MR) is 354 cm³/mol. The Bertz CT molecular complexity index is 1750. The van der Waals surface area contributed by atoms with Gasteiger partial charge >= 0.3 is 39.5 Å². The van der Waals surface area contributed by atoms with E-state index in [0.717, 1.165) is 108 Å². The molecule has 0 aliphatic carbocycles. The molecule has 0 rings (SSSR count). The molecule has 0 aromatic rings. The third-order valence-corrected chi connectivity index (χ3v) is 17.7. The lowest BCUT2D eigenvalue weighted by Crippen LogP contribution is -2.30. The van der Waals surface area contributed by atoms with Gasteiger partial charge in [-0.15, -0.1) is 0 Å². The maximum atomic E-state index is 13.0. The number of aliphatic hydroxyl groups is 1. The molecule has 0 heterocycles. The highest BCUT2D eigenvalue weighted by Crippen LogP contribution is 2.45. The lowest BCUT2D eigenvalue weighted by atomic mass is 10.0. The second-order valence-electron chi connectivity index (χ2n) is 26.8. The van der Waals surface area contributed by atoms with E-state index < -0.39 is 97.5 Å². The standard InChI is InChI=1S/C69H134O17P2/c1-59(2)45-37-29-21-15-12-10-9-11-13-17-25-33-41-49-66(71)79-55-64(85-68(73)51-43-35-26-18-14-16-22-30-38-46-60(3)4)57-83-87(75,76)81-53-63(70)54-82-88(77,78)84-58-65(86-69(74)52-44-36-28-20-24-32-40-48-62(7)8)56-80-67(72)50-42-34-27-19-23-31-39-47-61(5)6/h59-65,70H,9-58H2,1-8H3,(H,75,76)(H,77,78)/t63?,64-,65-/m1/s1. The maximum Gasteiger partial charge on any atom is 0.472 e. The number of ether oxygens (including phenoxy) is 4. The molecule has 17 nitrogen and oxygen atoms in total. The highest BCUT2D eigenvalue weighted by atomic mass is 31.2. The summed E-state index contributed by atoms with van der Waals surface area (Å²) in [5.74, 6) is 0.794. The number of carbonyl (C=O) groups excluding carboxylic acids is 4. The molecule has 0 spiro atoms. The Labute approximate surface area is 537 Å². The van der Waals surface area contributed by atoms with Gasteiger partial charge in [-0.25, -0.2) is 9.13 Å². The summed E-state index contributed by atoms with van der Waals surface area (Å²) in [6.45, 7) is 14.0. The van der Waals surface area contributed by atoms with E-state index in [9.17, 15) is 43.2 Å². The number of hydrogen-bond acceptors (Lipinski definition) is 15. The SMILES string of the molecule is CC(C)CCCCCCCCCCCCCCCC(=O)OC[C@H](COP(=O)(O)OCC(O)COP(=O)(O)OC[C@@H](COC(=O)CCCCCCCCCC(C)C)OC(=O)CCCCCCCCCC(C)C)OC(=O)CCCCCCCCCCCC(C)C. The molecule has 19 heteroatoms. The van der Waals surface area contributed by atoms with Crippen LogP contribution in [0.15, 0.2) is 0 Å². The lowest BCUT2D eigenvalue weighted by molar-refractivity contribution is -0.161. The molecule has 0 aromatic carbocycles. The number of rotatable bonds is 66. The molecule has 522 valence electrons.